The maximum Gasteiger partial charge on any atom is 0.329 e. The van der Waals surface area contributed by atoms with Crippen molar-refractivity contribution < 1.29 is 9.63 Å². The van der Waals surface area contributed by atoms with Crippen LogP contribution in [0.5, 0.6) is 0 Å². The van der Waals surface area contributed by atoms with E-state index in [-0.39, 0.29) is 5.56 Å². The van der Waals surface area contributed by atoms with Gasteiger partial charge in [0, 0.05) is 42.0 Å². The second-order valence-electron chi connectivity index (χ2n) is 9.57. The molecule has 0 radical (unpaired) electrons. The van der Waals surface area contributed by atoms with E-state index in [0.29, 0.717) is 40.7 Å². The van der Waals surface area contributed by atoms with Crippen LogP contribution in [0.15, 0.2) is 77.9 Å². The van der Waals surface area contributed by atoms with Gasteiger partial charge in [-0.05, 0) is 43.1 Å². The third kappa shape index (κ3) is 4.57. The zero-order valence-electron chi connectivity index (χ0n) is 21.6. The molecule has 196 valence electrons. The maximum absolute atomic E-state index is 13.6. The number of aromatic amines is 1. The molecule has 0 spiro atoms. The van der Waals surface area contributed by atoms with Crippen LogP contribution in [0.2, 0.25) is 0 Å². The summed E-state index contributed by atoms with van der Waals surface area (Å²) < 4.78 is 3.62. The lowest BCUT2D eigenvalue weighted by molar-refractivity contribution is -0.141. The first-order valence-electron chi connectivity index (χ1n) is 13.0. The Morgan fingerprint density at radius 1 is 1.00 bits per heavy atom. The fourth-order valence-corrected chi connectivity index (χ4v) is 5.21. The molecule has 0 unspecified atom stereocenters. The zero-order valence-corrected chi connectivity index (χ0v) is 21.6. The number of hydrogen-bond acceptors (Lipinski definition) is 6. The second kappa shape index (κ2) is 10.2. The topological polar surface area (TPSA) is 121 Å². The first-order chi connectivity index (χ1) is 19.0. The Bertz CT molecular complexity index is 1880. The lowest BCUT2D eigenvalue weighted by atomic mass is 10.0. The maximum atomic E-state index is 13.6. The van der Waals surface area contributed by atoms with Gasteiger partial charge in [0.05, 0.1) is 16.6 Å². The summed E-state index contributed by atoms with van der Waals surface area (Å²) in [6.45, 7) is 2.75. The average molecular weight is 521 g/mol. The normalized spacial score (nSPS) is 11.5. The molecule has 0 bridgehead atoms. The summed E-state index contributed by atoms with van der Waals surface area (Å²) in [4.78, 5) is 42.6. The van der Waals surface area contributed by atoms with Crippen molar-refractivity contribution in [3.63, 3.8) is 0 Å². The van der Waals surface area contributed by atoms with Crippen molar-refractivity contribution in [3.8, 4) is 11.3 Å². The van der Waals surface area contributed by atoms with Crippen LogP contribution in [0.4, 0.5) is 0 Å². The number of hydrogen-bond donors (Lipinski definition) is 2. The molecular weight excluding hydrogens is 492 g/mol. The van der Waals surface area contributed by atoms with Gasteiger partial charge in [-0.1, -0.05) is 48.5 Å². The fraction of sp³-hybridized carbons (Fsp3) is 0.200. The number of para-hydroxylation sites is 1. The highest BCUT2D eigenvalue weighted by atomic mass is 16.7. The van der Waals surface area contributed by atoms with Crippen LogP contribution in [0.3, 0.4) is 0 Å². The van der Waals surface area contributed by atoms with Crippen molar-refractivity contribution in [3.05, 3.63) is 94.7 Å². The zero-order chi connectivity index (χ0) is 26.9. The van der Waals surface area contributed by atoms with Crippen molar-refractivity contribution >= 4 is 38.9 Å². The lowest BCUT2D eigenvalue weighted by Crippen LogP contribution is -2.15. The molecule has 0 aliphatic rings. The molecule has 0 atom stereocenters. The number of fused-ring (bicyclic) bond motifs is 3. The fourth-order valence-electron chi connectivity index (χ4n) is 5.21. The van der Waals surface area contributed by atoms with Crippen LogP contribution in [-0.4, -0.2) is 36.8 Å². The SMILES string of the molecule is CC(=O)On1cnc2cc3[nH]c(=O)c(-c4c(Cc5ccccc5)n(CCCCN)c5ccccc45)nc3cc21. The number of aryl methyl sites for hydroxylation is 1. The molecule has 3 N–H and O–H groups in total. The number of carbonyl (C=O) groups is 1. The Kier molecular flexibility index (Phi) is 6.42. The van der Waals surface area contributed by atoms with Gasteiger partial charge in [0.2, 0.25) is 0 Å². The lowest BCUT2D eigenvalue weighted by Gasteiger charge is -2.13. The van der Waals surface area contributed by atoms with Gasteiger partial charge in [-0.2, -0.15) is 4.73 Å². The number of imidazole rings is 1. The predicted octanol–water partition coefficient (Wildman–Crippen LogP) is 4.20. The van der Waals surface area contributed by atoms with Gasteiger partial charge in [0.1, 0.15) is 17.5 Å². The molecule has 0 aliphatic carbocycles. The molecule has 0 saturated heterocycles. The van der Waals surface area contributed by atoms with Crippen molar-refractivity contribution in [2.45, 2.75) is 32.7 Å². The van der Waals surface area contributed by atoms with Gasteiger partial charge in [-0.3, -0.25) is 4.79 Å². The molecule has 9 nitrogen and oxygen atoms in total. The van der Waals surface area contributed by atoms with Crippen molar-refractivity contribution in [2.75, 3.05) is 6.54 Å². The first-order valence-corrected chi connectivity index (χ1v) is 13.0. The van der Waals surface area contributed by atoms with E-state index in [1.54, 1.807) is 12.1 Å². The van der Waals surface area contributed by atoms with Crippen LogP contribution >= 0.6 is 0 Å². The van der Waals surface area contributed by atoms with Gasteiger partial charge in [-0.25, -0.2) is 14.8 Å². The smallest absolute Gasteiger partial charge is 0.329 e. The minimum atomic E-state index is -0.461. The second-order valence-corrected chi connectivity index (χ2v) is 9.57. The van der Waals surface area contributed by atoms with E-state index in [9.17, 15) is 9.59 Å². The van der Waals surface area contributed by atoms with Crippen LogP contribution in [0, 0.1) is 0 Å². The minimum Gasteiger partial charge on any atom is -0.344 e. The Morgan fingerprint density at radius 2 is 1.79 bits per heavy atom. The summed E-state index contributed by atoms with van der Waals surface area (Å²) in [5, 5.41) is 0.972. The number of carbonyl (C=O) groups excluding carboxylic acids is 1. The molecule has 0 fully saturated rings. The summed E-state index contributed by atoms with van der Waals surface area (Å²) >= 11 is 0. The number of H-pyrrole nitrogens is 1. The molecule has 3 heterocycles. The highest BCUT2D eigenvalue weighted by molar-refractivity contribution is 5.99. The average Bonchev–Trinajstić information content (AvgIpc) is 3.45. The van der Waals surface area contributed by atoms with Crippen LogP contribution in [-0.2, 0) is 17.8 Å². The summed E-state index contributed by atoms with van der Waals surface area (Å²) in [5.41, 5.74) is 12.2. The van der Waals surface area contributed by atoms with Crippen molar-refractivity contribution in [2.24, 2.45) is 5.73 Å². The monoisotopic (exact) mass is 520 g/mol. The highest BCUT2D eigenvalue weighted by Gasteiger charge is 2.22. The Morgan fingerprint density at radius 3 is 2.59 bits per heavy atom. The summed E-state index contributed by atoms with van der Waals surface area (Å²) in [7, 11) is 0. The van der Waals surface area contributed by atoms with E-state index in [0.717, 1.165) is 47.1 Å². The van der Waals surface area contributed by atoms with E-state index < -0.39 is 5.97 Å². The van der Waals surface area contributed by atoms with E-state index in [1.165, 1.54) is 18.0 Å². The number of aromatic nitrogens is 5. The van der Waals surface area contributed by atoms with Gasteiger partial charge in [0.25, 0.3) is 5.56 Å². The molecule has 6 aromatic rings. The third-order valence-corrected chi connectivity index (χ3v) is 6.92. The van der Waals surface area contributed by atoms with Crippen LogP contribution in [0.25, 0.3) is 44.2 Å². The van der Waals surface area contributed by atoms with Crippen LogP contribution in [0.1, 0.15) is 31.0 Å². The Balaban J connectivity index is 1.59. The Labute approximate surface area is 223 Å². The molecule has 0 aliphatic heterocycles. The largest absolute Gasteiger partial charge is 0.344 e. The standard InChI is InChI=1S/C30H28N6O3/c1-19(37)39-36-18-32-24-16-22-23(17-26(24)36)33-29(30(38)34-22)28-21-11-5-6-12-25(21)35(14-8-7-13-31)27(28)15-20-9-3-2-4-10-20/h2-6,9-12,16-18H,7-8,13-15,31H2,1H3,(H,34,38). The van der Waals surface area contributed by atoms with Crippen molar-refractivity contribution in [1.29, 1.82) is 0 Å². The number of nitrogens with two attached hydrogens (primary N) is 1. The van der Waals surface area contributed by atoms with E-state index in [4.69, 9.17) is 15.6 Å². The molecule has 0 saturated carbocycles. The quantitative estimate of drug-likeness (QED) is 0.290. The molecule has 6 rings (SSSR count). The highest BCUT2D eigenvalue weighted by Crippen LogP contribution is 2.35. The van der Waals surface area contributed by atoms with Gasteiger partial charge in [-0.15, -0.1) is 0 Å². The van der Waals surface area contributed by atoms with Gasteiger partial charge >= 0.3 is 5.97 Å². The van der Waals surface area contributed by atoms with E-state index >= 15 is 0 Å². The number of unbranched alkanes of at least 4 members (excludes halogenated alkanes) is 1. The van der Waals surface area contributed by atoms with E-state index in [2.05, 4.69) is 32.7 Å². The molecular formula is C30H28N6O3. The van der Waals surface area contributed by atoms with Gasteiger partial charge in [0.15, 0.2) is 0 Å². The number of nitrogens with zero attached hydrogens (tertiary/aromatic N) is 4. The summed E-state index contributed by atoms with van der Waals surface area (Å²) in [6.07, 6.45) is 3.91. The molecule has 3 aromatic heterocycles. The summed E-state index contributed by atoms with van der Waals surface area (Å²) in [5.74, 6) is -0.461. The molecule has 9 heteroatoms. The molecule has 3 aromatic carbocycles. The van der Waals surface area contributed by atoms with Crippen LogP contribution < -0.4 is 16.1 Å². The summed E-state index contributed by atoms with van der Waals surface area (Å²) in [6, 6.07) is 21.9. The minimum absolute atomic E-state index is 0.277. The first kappa shape index (κ1) is 24.6. The molecule has 39 heavy (non-hydrogen) atoms. The number of benzene rings is 3. The van der Waals surface area contributed by atoms with Crippen molar-refractivity contribution in [1.82, 2.24) is 24.2 Å². The molecule has 0 amide bonds. The third-order valence-electron chi connectivity index (χ3n) is 6.92. The Hall–Kier alpha value is -4.76. The van der Waals surface area contributed by atoms with E-state index in [1.807, 2.05) is 36.4 Å². The van der Waals surface area contributed by atoms with Gasteiger partial charge < -0.3 is 20.1 Å². The number of rotatable bonds is 8. The predicted molar refractivity (Wildman–Crippen MR) is 151 cm³/mol. The number of nitrogens with one attached hydrogen (secondary N) is 1.